The van der Waals surface area contributed by atoms with Crippen LogP contribution in [0.4, 0.5) is 5.69 Å². The molecule has 2 aromatic rings. The fourth-order valence-electron chi connectivity index (χ4n) is 2.54. The number of ether oxygens (including phenoxy) is 1. The molecule has 2 aromatic carbocycles. The van der Waals surface area contributed by atoms with Gasteiger partial charge in [-0.3, -0.25) is 0 Å². The van der Waals surface area contributed by atoms with Crippen LogP contribution in [-0.4, -0.2) is 5.60 Å². The molecule has 0 unspecified atom stereocenters. The molecule has 3 heteroatoms. The standard InChI is InChI=1S/C17H20N2O/c1-17(2)11-14-10-13(8-9-16(14)20-17)12-18-19-15-6-4-3-5-7-15/h3-10,18-19H,11-12H2,1-2H3. The SMILES string of the molecule is CC1(C)Cc2cc(CNNc3ccccc3)ccc2O1. The lowest BCUT2D eigenvalue weighted by molar-refractivity contribution is 0.138. The lowest BCUT2D eigenvalue weighted by atomic mass is 10.0. The van der Waals surface area contributed by atoms with Crippen molar-refractivity contribution in [1.82, 2.24) is 5.43 Å². The Bertz CT molecular complexity index is 593. The zero-order valence-corrected chi connectivity index (χ0v) is 11.9. The minimum Gasteiger partial charge on any atom is -0.487 e. The third-order valence-corrected chi connectivity index (χ3v) is 3.43. The molecule has 0 fully saturated rings. The Labute approximate surface area is 119 Å². The van der Waals surface area contributed by atoms with Crippen molar-refractivity contribution in [3.63, 3.8) is 0 Å². The predicted molar refractivity (Wildman–Crippen MR) is 81.8 cm³/mol. The molecule has 0 bridgehead atoms. The van der Waals surface area contributed by atoms with Crippen LogP contribution in [0.3, 0.4) is 0 Å². The molecule has 0 spiro atoms. The number of anilines is 1. The zero-order valence-electron chi connectivity index (χ0n) is 11.9. The first kappa shape index (κ1) is 13.0. The normalized spacial score (nSPS) is 15.5. The summed E-state index contributed by atoms with van der Waals surface area (Å²) in [6.45, 7) is 5.03. The molecule has 0 radical (unpaired) electrons. The van der Waals surface area contributed by atoms with Crippen LogP contribution in [0.15, 0.2) is 48.5 Å². The lowest BCUT2D eigenvalue weighted by Crippen LogP contribution is -2.24. The Morgan fingerprint density at radius 1 is 1.10 bits per heavy atom. The Balaban J connectivity index is 1.60. The van der Waals surface area contributed by atoms with E-state index in [2.05, 4.69) is 42.9 Å². The van der Waals surface area contributed by atoms with Crippen molar-refractivity contribution in [2.75, 3.05) is 5.43 Å². The summed E-state index contributed by atoms with van der Waals surface area (Å²) >= 11 is 0. The van der Waals surface area contributed by atoms with Gasteiger partial charge in [-0.2, -0.15) is 0 Å². The molecule has 0 amide bonds. The number of nitrogens with one attached hydrogen (secondary N) is 2. The van der Waals surface area contributed by atoms with Crippen LogP contribution in [0.1, 0.15) is 25.0 Å². The Morgan fingerprint density at radius 3 is 2.70 bits per heavy atom. The number of hydrogen-bond acceptors (Lipinski definition) is 3. The van der Waals surface area contributed by atoms with Gasteiger partial charge in [0.2, 0.25) is 0 Å². The van der Waals surface area contributed by atoms with Gasteiger partial charge in [-0.1, -0.05) is 30.3 Å². The maximum atomic E-state index is 5.89. The first-order chi connectivity index (χ1) is 9.62. The van der Waals surface area contributed by atoms with Crippen molar-refractivity contribution in [3.05, 3.63) is 59.7 Å². The van der Waals surface area contributed by atoms with Crippen molar-refractivity contribution in [1.29, 1.82) is 0 Å². The summed E-state index contributed by atoms with van der Waals surface area (Å²) in [6.07, 6.45) is 0.974. The van der Waals surface area contributed by atoms with Gasteiger partial charge in [0.25, 0.3) is 0 Å². The molecule has 0 saturated heterocycles. The molecule has 1 heterocycles. The summed E-state index contributed by atoms with van der Waals surface area (Å²) in [5.41, 5.74) is 9.99. The van der Waals surface area contributed by atoms with Crippen molar-refractivity contribution in [2.24, 2.45) is 0 Å². The highest BCUT2D eigenvalue weighted by molar-refractivity contribution is 5.43. The van der Waals surface area contributed by atoms with Crippen molar-refractivity contribution >= 4 is 5.69 Å². The maximum absolute atomic E-state index is 5.89. The molecule has 0 saturated carbocycles. The van der Waals surface area contributed by atoms with Gasteiger partial charge in [-0.15, -0.1) is 0 Å². The molecule has 2 N–H and O–H groups in total. The van der Waals surface area contributed by atoms with Crippen LogP contribution in [0.2, 0.25) is 0 Å². The van der Waals surface area contributed by atoms with Crippen LogP contribution < -0.4 is 15.6 Å². The van der Waals surface area contributed by atoms with E-state index in [0.717, 1.165) is 24.4 Å². The molecular weight excluding hydrogens is 248 g/mol. The number of rotatable bonds is 4. The van der Waals surface area contributed by atoms with E-state index in [1.807, 2.05) is 30.3 Å². The Kier molecular flexibility index (Phi) is 3.36. The van der Waals surface area contributed by atoms with Gasteiger partial charge >= 0.3 is 0 Å². The predicted octanol–water partition coefficient (Wildman–Crippen LogP) is 3.52. The molecule has 3 nitrogen and oxygen atoms in total. The second kappa shape index (κ2) is 5.17. The number of fused-ring (bicyclic) bond motifs is 1. The highest BCUT2D eigenvalue weighted by Crippen LogP contribution is 2.35. The van der Waals surface area contributed by atoms with Crippen LogP contribution in [-0.2, 0) is 13.0 Å². The molecule has 3 rings (SSSR count). The van der Waals surface area contributed by atoms with Crippen LogP contribution in [0.5, 0.6) is 5.75 Å². The largest absolute Gasteiger partial charge is 0.487 e. The smallest absolute Gasteiger partial charge is 0.123 e. The Morgan fingerprint density at radius 2 is 1.90 bits per heavy atom. The average Bonchev–Trinajstić information content (AvgIpc) is 2.73. The van der Waals surface area contributed by atoms with E-state index in [0.29, 0.717) is 0 Å². The number of para-hydroxylation sites is 1. The first-order valence-electron chi connectivity index (χ1n) is 6.97. The number of hydrazine groups is 1. The van der Waals surface area contributed by atoms with Crippen LogP contribution in [0.25, 0.3) is 0 Å². The van der Waals surface area contributed by atoms with E-state index in [1.54, 1.807) is 0 Å². The minimum atomic E-state index is -0.0727. The van der Waals surface area contributed by atoms with Crippen LogP contribution >= 0.6 is 0 Å². The highest BCUT2D eigenvalue weighted by atomic mass is 16.5. The second-order valence-electron chi connectivity index (χ2n) is 5.83. The summed E-state index contributed by atoms with van der Waals surface area (Å²) in [5.74, 6) is 1.02. The van der Waals surface area contributed by atoms with E-state index < -0.39 is 0 Å². The van der Waals surface area contributed by atoms with E-state index in [1.165, 1.54) is 11.1 Å². The fourth-order valence-corrected chi connectivity index (χ4v) is 2.54. The summed E-state index contributed by atoms with van der Waals surface area (Å²) in [5, 5.41) is 0. The van der Waals surface area contributed by atoms with Crippen molar-refractivity contribution in [2.45, 2.75) is 32.4 Å². The molecule has 104 valence electrons. The van der Waals surface area contributed by atoms with Gasteiger partial charge in [-0.05, 0) is 43.2 Å². The second-order valence-corrected chi connectivity index (χ2v) is 5.83. The topological polar surface area (TPSA) is 33.3 Å². The minimum absolute atomic E-state index is 0.0727. The summed E-state index contributed by atoms with van der Waals surface area (Å²) in [6, 6.07) is 16.5. The van der Waals surface area contributed by atoms with Gasteiger partial charge in [0.15, 0.2) is 0 Å². The van der Waals surface area contributed by atoms with Gasteiger partial charge in [0.1, 0.15) is 11.4 Å². The fraction of sp³-hybridized carbons (Fsp3) is 0.294. The first-order valence-corrected chi connectivity index (χ1v) is 6.97. The molecular formula is C17H20N2O. The number of hydrogen-bond donors (Lipinski definition) is 2. The summed E-state index contributed by atoms with van der Waals surface area (Å²) in [7, 11) is 0. The Hall–Kier alpha value is -2.00. The van der Waals surface area contributed by atoms with Gasteiger partial charge in [0, 0.05) is 18.7 Å². The van der Waals surface area contributed by atoms with E-state index in [9.17, 15) is 0 Å². The third kappa shape index (κ3) is 2.94. The van der Waals surface area contributed by atoms with Crippen molar-refractivity contribution in [3.8, 4) is 5.75 Å². The molecule has 0 atom stereocenters. The van der Waals surface area contributed by atoms with E-state index >= 15 is 0 Å². The highest BCUT2D eigenvalue weighted by Gasteiger charge is 2.29. The van der Waals surface area contributed by atoms with Crippen LogP contribution in [0, 0.1) is 0 Å². The van der Waals surface area contributed by atoms with E-state index in [4.69, 9.17) is 4.74 Å². The van der Waals surface area contributed by atoms with Gasteiger partial charge < -0.3 is 10.2 Å². The maximum Gasteiger partial charge on any atom is 0.123 e. The van der Waals surface area contributed by atoms with Gasteiger partial charge in [-0.25, -0.2) is 5.43 Å². The van der Waals surface area contributed by atoms with E-state index in [-0.39, 0.29) is 5.60 Å². The van der Waals surface area contributed by atoms with Crippen molar-refractivity contribution < 1.29 is 4.74 Å². The molecule has 1 aliphatic rings. The number of benzene rings is 2. The molecule has 1 aliphatic heterocycles. The lowest BCUT2D eigenvalue weighted by Gasteiger charge is -2.16. The summed E-state index contributed by atoms with van der Waals surface area (Å²) in [4.78, 5) is 0. The monoisotopic (exact) mass is 268 g/mol. The third-order valence-electron chi connectivity index (χ3n) is 3.43. The zero-order chi connectivity index (χ0) is 14.0. The molecule has 0 aromatic heterocycles. The molecule has 0 aliphatic carbocycles. The quantitative estimate of drug-likeness (QED) is 0.832. The molecule has 20 heavy (non-hydrogen) atoms. The summed E-state index contributed by atoms with van der Waals surface area (Å²) < 4.78 is 5.89. The van der Waals surface area contributed by atoms with Gasteiger partial charge in [0.05, 0.1) is 0 Å². The average molecular weight is 268 g/mol.